The number of aromatic nitrogens is 1. The van der Waals surface area contributed by atoms with E-state index in [4.69, 9.17) is 0 Å². The molecular weight excluding hydrogens is 352 g/mol. The number of hydrogen-bond acceptors (Lipinski definition) is 5. The van der Waals surface area contributed by atoms with Crippen LogP contribution in [0.25, 0.3) is 0 Å². The van der Waals surface area contributed by atoms with Crippen LogP contribution in [-0.2, 0) is 22.4 Å². The van der Waals surface area contributed by atoms with Crippen molar-refractivity contribution in [1.82, 2.24) is 10.3 Å². The van der Waals surface area contributed by atoms with Crippen LogP contribution >= 0.6 is 11.3 Å². The van der Waals surface area contributed by atoms with Gasteiger partial charge in [0.25, 0.3) is 5.91 Å². The second-order valence-electron chi connectivity index (χ2n) is 6.41. The van der Waals surface area contributed by atoms with Crippen LogP contribution in [0.2, 0.25) is 0 Å². The average Bonchev–Trinajstić information content (AvgIpc) is 2.98. The standard InChI is InChI=1S/C18H18N4O3S/c23-15(22-18-21-12-7-3-4-8-14(12)26-18)9-13-17(25)19-11-6-2-1-5-10(11)16(24)20-13/h1-2,5-6,13H,3-4,7-9H2,(H,19,25)(H,20,24)(H,21,22,23). The summed E-state index contributed by atoms with van der Waals surface area (Å²) in [6, 6.07) is 5.83. The molecule has 1 aliphatic carbocycles. The number of rotatable bonds is 3. The first-order valence-electron chi connectivity index (χ1n) is 8.59. The third-order valence-corrected chi connectivity index (χ3v) is 5.61. The van der Waals surface area contributed by atoms with Crippen LogP contribution < -0.4 is 16.0 Å². The summed E-state index contributed by atoms with van der Waals surface area (Å²) in [5, 5.41) is 8.64. The summed E-state index contributed by atoms with van der Waals surface area (Å²) < 4.78 is 0. The van der Waals surface area contributed by atoms with E-state index < -0.39 is 11.9 Å². The van der Waals surface area contributed by atoms with Gasteiger partial charge >= 0.3 is 0 Å². The lowest BCUT2D eigenvalue weighted by molar-refractivity contribution is -0.122. The maximum absolute atomic E-state index is 12.4. The highest BCUT2D eigenvalue weighted by molar-refractivity contribution is 7.15. The van der Waals surface area contributed by atoms with Gasteiger partial charge in [0, 0.05) is 4.88 Å². The molecule has 0 bridgehead atoms. The normalized spacial score (nSPS) is 18.8. The molecule has 2 heterocycles. The summed E-state index contributed by atoms with van der Waals surface area (Å²) in [6.07, 6.45) is 4.08. The molecule has 8 heteroatoms. The van der Waals surface area contributed by atoms with Crippen molar-refractivity contribution in [3.63, 3.8) is 0 Å². The van der Waals surface area contributed by atoms with Crippen LogP contribution in [-0.4, -0.2) is 28.7 Å². The second kappa shape index (κ2) is 6.87. The molecule has 2 aliphatic rings. The molecule has 3 N–H and O–H groups in total. The minimum absolute atomic E-state index is 0.143. The summed E-state index contributed by atoms with van der Waals surface area (Å²) in [7, 11) is 0. The molecule has 0 spiro atoms. The number of anilines is 2. The minimum Gasteiger partial charge on any atom is -0.340 e. The Morgan fingerprint density at radius 2 is 2.04 bits per heavy atom. The van der Waals surface area contributed by atoms with Crippen LogP contribution in [0.15, 0.2) is 24.3 Å². The molecule has 26 heavy (non-hydrogen) atoms. The van der Waals surface area contributed by atoms with Crippen molar-refractivity contribution < 1.29 is 14.4 Å². The van der Waals surface area contributed by atoms with E-state index in [2.05, 4.69) is 20.9 Å². The van der Waals surface area contributed by atoms with E-state index in [1.807, 2.05) is 0 Å². The van der Waals surface area contributed by atoms with Crippen LogP contribution in [0, 0.1) is 0 Å². The number of thiazole rings is 1. The van der Waals surface area contributed by atoms with Crippen molar-refractivity contribution in [3.05, 3.63) is 40.4 Å². The van der Waals surface area contributed by atoms with E-state index in [1.54, 1.807) is 24.3 Å². The summed E-state index contributed by atoms with van der Waals surface area (Å²) in [5.41, 5.74) is 1.90. The van der Waals surface area contributed by atoms with Crippen molar-refractivity contribution in [2.75, 3.05) is 10.6 Å². The zero-order valence-corrected chi connectivity index (χ0v) is 14.8. The molecule has 1 aliphatic heterocycles. The third-order valence-electron chi connectivity index (χ3n) is 4.53. The van der Waals surface area contributed by atoms with Crippen molar-refractivity contribution in [2.45, 2.75) is 38.1 Å². The first-order valence-corrected chi connectivity index (χ1v) is 9.41. The van der Waals surface area contributed by atoms with Crippen molar-refractivity contribution in [3.8, 4) is 0 Å². The molecule has 0 radical (unpaired) electrons. The van der Waals surface area contributed by atoms with Gasteiger partial charge in [0.1, 0.15) is 6.04 Å². The number of nitrogens with zero attached hydrogens (tertiary/aromatic N) is 1. The van der Waals surface area contributed by atoms with E-state index in [9.17, 15) is 14.4 Å². The number of benzene rings is 1. The number of amides is 3. The Morgan fingerprint density at radius 3 is 2.88 bits per heavy atom. The van der Waals surface area contributed by atoms with Gasteiger partial charge in [0.15, 0.2) is 5.13 Å². The average molecular weight is 370 g/mol. The Labute approximate surface area is 154 Å². The van der Waals surface area contributed by atoms with Gasteiger partial charge in [-0.15, -0.1) is 11.3 Å². The Balaban J connectivity index is 1.43. The Morgan fingerprint density at radius 1 is 1.23 bits per heavy atom. The molecule has 1 atom stereocenters. The van der Waals surface area contributed by atoms with Crippen LogP contribution in [0.1, 0.15) is 40.2 Å². The van der Waals surface area contributed by atoms with Gasteiger partial charge in [0.05, 0.1) is 23.4 Å². The third kappa shape index (κ3) is 3.32. The lowest BCUT2D eigenvalue weighted by Gasteiger charge is -2.13. The fourth-order valence-electron chi connectivity index (χ4n) is 3.22. The predicted octanol–water partition coefficient (Wildman–Crippen LogP) is 2.10. The lowest BCUT2D eigenvalue weighted by Crippen LogP contribution is -2.43. The summed E-state index contributed by atoms with van der Waals surface area (Å²) >= 11 is 1.49. The van der Waals surface area contributed by atoms with Gasteiger partial charge in [-0.1, -0.05) is 12.1 Å². The first kappa shape index (κ1) is 16.7. The first-order chi connectivity index (χ1) is 12.6. The van der Waals surface area contributed by atoms with Crippen molar-refractivity contribution >= 4 is 39.9 Å². The number of nitrogens with one attached hydrogen (secondary N) is 3. The Kier molecular flexibility index (Phi) is 4.42. The maximum Gasteiger partial charge on any atom is 0.254 e. The molecule has 1 aromatic carbocycles. The maximum atomic E-state index is 12.4. The van der Waals surface area contributed by atoms with Crippen molar-refractivity contribution in [1.29, 1.82) is 0 Å². The van der Waals surface area contributed by atoms with Gasteiger partial charge in [-0.2, -0.15) is 0 Å². The summed E-state index contributed by atoms with van der Waals surface area (Å²) in [6.45, 7) is 0. The highest BCUT2D eigenvalue weighted by Gasteiger charge is 2.29. The van der Waals surface area contributed by atoms with Gasteiger partial charge in [-0.3, -0.25) is 14.4 Å². The fraction of sp³-hybridized carbons (Fsp3) is 0.333. The quantitative estimate of drug-likeness (QED) is 0.770. The minimum atomic E-state index is -0.926. The molecule has 134 valence electrons. The molecule has 0 saturated heterocycles. The van der Waals surface area contributed by atoms with E-state index in [1.165, 1.54) is 16.2 Å². The molecule has 3 amide bonds. The zero-order chi connectivity index (χ0) is 18.1. The van der Waals surface area contributed by atoms with Gasteiger partial charge < -0.3 is 16.0 Å². The number of carbonyl (C=O) groups is 3. The molecule has 0 fully saturated rings. The molecule has 0 saturated carbocycles. The Bertz CT molecular complexity index is 869. The molecule has 1 aromatic heterocycles. The molecule has 2 aromatic rings. The van der Waals surface area contributed by atoms with Gasteiger partial charge in [-0.25, -0.2) is 4.98 Å². The highest BCUT2D eigenvalue weighted by Crippen LogP contribution is 2.29. The molecule has 7 nitrogen and oxygen atoms in total. The lowest BCUT2D eigenvalue weighted by atomic mass is 10.0. The topological polar surface area (TPSA) is 100 Å². The monoisotopic (exact) mass is 370 g/mol. The highest BCUT2D eigenvalue weighted by atomic mass is 32.1. The number of para-hydroxylation sites is 1. The fourth-order valence-corrected chi connectivity index (χ4v) is 4.28. The molecule has 1 unspecified atom stereocenters. The zero-order valence-electron chi connectivity index (χ0n) is 14.0. The number of carbonyl (C=O) groups excluding carboxylic acids is 3. The van der Waals surface area contributed by atoms with Gasteiger partial charge in [-0.05, 0) is 37.8 Å². The van der Waals surface area contributed by atoms with Crippen LogP contribution in [0.3, 0.4) is 0 Å². The van der Waals surface area contributed by atoms with E-state index in [0.29, 0.717) is 16.4 Å². The van der Waals surface area contributed by atoms with Crippen LogP contribution in [0.5, 0.6) is 0 Å². The van der Waals surface area contributed by atoms with E-state index >= 15 is 0 Å². The van der Waals surface area contributed by atoms with E-state index in [-0.39, 0.29) is 18.2 Å². The van der Waals surface area contributed by atoms with Crippen molar-refractivity contribution in [2.24, 2.45) is 0 Å². The van der Waals surface area contributed by atoms with Crippen LogP contribution in [0.4, 0.5) is 10.8 Å². The van der Waals surface area contributed by atoms with Gasteiger partial charge in [0.2, 0.25) is 11.8 Å². The number of fused-ring (bicyclic) bond motifs is 2. The number of hydrogen-bond donors (Lipinski definition) is 3. The number of aryl methyl sites for hydroxylation is 2. The summed E-state index contributed by atoms with van der Waals surface area (Å²) in [5.74, 6) is -1.12. The smallest absolute Gasteiger partial charge is 0.254 e. The molecular formula is C18H18N4O3S. The van der Waals surface area contributed by atoms with E-state index in [0.717, 1.165) is 31.4 Å². The Hall–Kier alpha value is -2.74. The largest absolute Gasteiger partial charge is 0.340 e. The second-order valence-corrected chi connectivity index (χ2v) is 7.49. The SMILES string of the molecule is O=C(CC1NC(=O)c2ccccc2NC1=O)Nc1nc2c(s1)CCCC2. The molecule has 4 rings (SSSR count). The predicted molar refractivity (Wildman–Crippen MR) is 98.3 cm³/mol. The summed E-state index contributed by atoms with van der Waals surface area (Å²) in [4.78, 5) is 42.7.